The molecule has 0 bridgehead atoms. The molecule has 5 rings (SSSR count). The van der Waals surface area contributed by atoms with E-state index in [-0.39, 0.29) is 48.6 Å². The predicted octanol–water partition coefficient (Wildman–Crippen LogP) is 6.07. The highest BCUT2D eigenvalue weighted by Crippen LogP contribution is 2.47. The van der Waals surface area contributed by atoms with Crippen molar-refractivity contribution in [3.8, 4) is 5.75 Å². The van der Waals surface area contributed by atoms with Crippen LogP contribution in [0.3, 0.4) is 0 Å². The quantitative estimate of drug-likeness (QED) is 0.0563. The first kappa shape index (κ1) is 40.8. The van der Waals surface area contributed by atoms with Gasteiger partial charge >= 0.3 is 5.97 Å². The van der Waals surface area contributed by atoms with Gasteiger partial charge in [0.25, 0.3) is 8.32 Å². The number of rotatable bonds is 17. The number of hydrogen-bond donors (Lipinski definition) is 4. The molecule has 4 N–H and O–H groups in total. The molecule has 0 unspecified atom stereocenters. The third kappa shape index (κ3) is 8.95. The molecule has 0 radical (unpaired) electrons. The second-order valence-corrected chi connectivity index (χ2v) is 20.1. The van der Waals surface area contributed by atoms with Crippen molar-refractivity contribution in [1.29, 1.82) is 0 Å². The van der Waals surface area contributed by atoms with Gasteiger partial charge in [-0.3, -0.25) is 19.3 Å². The van der Waals surface area contributed by atoms with Gasteiger partial charge in [-0.25, -0.2) is 0 Å². The third-order valence-corrected chi connectivity index (χ3v) is 16.1. The van der Waals surface area contributed by atoms with Crippen LogP contribution < -0.4 is 10.4 Å². The van der Waals surface area contributed by atoms with E-state index in [1.807, 2.05) is 55.5 Å². The van der Waals surface area contributed by atoms with Crippen molar-refractivity contribution >= 4 is 42.6 Å². The SMILES string of the molecule is C/C(=C\c1cccc(O)c1)CC[C@@H](O)C1=C(CO[Si](c2ccccc2)(c2ccccc2)C(C)(C)C)C[C@H]2C(=O)N(CCCCCC(=O)O)C(=O)[C@H]2[C@H]1CO. The molecule has 2 aliphatic rings. The molecule has 0 spiro atoms. The third-order valence-electron chi connectivity index (χ3n) is 11.1. The Morgan fingerprint density at radius 1 is 0.926 bits per heavy atom. The highest BCUT2D eigenvalue weighted by atomic mass is 28.4. The largest absolute Gasteiger partial charge is 0.508 e. The molecule has 1 aliphatic heterocycles. The van der Waals surface area contributed by atoms with Crippen LogP contribution in [0.15, 0.2) is 102 Å². The second kappa shape index (κ2) is 17.9. The summed E-state index contributed by atoms with van der Waals surface area (Å²) in [4.78, 5) is 40.3. The first-order valence-electron chi connectivity index (χ1n) is 19.1. The predicted molar refractivity (Wildman–Crippen MR) is 213 cm³/mol. The normalized spacial score (nSPS) is 20.0. The summed E-state index contributed by atoms with van der Waals surface area (Å²) in [5, 5.41) is 43.9. The van der Waals surface area contributed by atoms with Gasteiger partial charge in [0, 0.05) is 18.9 Å². The van der Waals surface area contributed by atoms with Crippen LogP contribution in [0, 0.1) is 17.8 Å². The topological polar surface area (TPSA) is 145 Å². The number of aromatic hydroxyl groups is 1. The van der Waals surface area contributed by atoms with Crippen LogP contribution in [-0.4, -0.2) is 77.3 Å². The number of carbonyl (C=O) groups excluding carboxylic acids is 2. The Balaban J connectivity index is 1.51. The molecule has 0 aromatic heterocycles. The van der Waals surface area contributed by atoms with Gasteiger partial charge in [-0.2, -0.15) is 0 Å². The monoisotopic (exact) mass is 753 g/mol. The number of allylic oxidation sites excluding steroid dienone is 1. The average Bonchev–Trinajstić information content (AvgIpc) is 3.38. The molecule has 4 atom stereocenters. The fourth-order valence-corrected chi connectivity index (χ4v) is 13.1. The fraction of sp³-hybridized carbons (Fsp3) is 0.432. The number of amides is 2. The number of unbranched alkanes of at least 4 members (excludes halogenated alkanes) is 2. The number of aliphatic hydroxyl groups excluding tert-OH is 2. The molecular formula is C44H55NO8Si. The Kier molecular flexibility index (Phi) is 13.5. The number of aliphatic hydroxyl groups is 2. The summed E-state index contributed by atoms with van der Waals surface area (Å²) in [6.07, 6.45) is 3.56. The Labute approximate surface area is 320 Å². The van der Waals surface area contributed by atoms with Gasteiger partial charge in [-0.1, -0.05) is 112 Å². The van der Waals surface area contributed by atoms with Crippen LogP contribution in [0.4, 0.5) is 0 Å². The van der Waals surface area contributed by atoms with E-state index >= 15 is 0 Å². The van der Waals surface area contributed by atoms with Gasteiger partial charge in [0.1, 0.15) is 5.75 Å². The van der Waals surface area contributed by atoms with Crippen LogP contribution in [0.2, 0.25) is 5.04 Å². The van der Waals surface area contributed by atoms with Crippen molar-refractivity contribution in [2.75, 3.05) is 19.8 Å². The van der Waals surface area contributed by atoms with Crippen molar-refractivity contribution in [1.82, 2.24) is 4.90 Å². The lowest BCUT2D eigenvalue weighted by Crippen LogP contribution is -2.66. The number of phenols is 1. The number of benzene rings is 3. The van der Waals surface area contributed by atoms with E-state index in [0.717, 1.165) is 27.1 Å². The van der Waals surface area contributed by atoms with Gasteiger partial charge < -0.3 is 24.9 Å². The average molecular weight is 754 g/mol. The zero-order valence-corrected chi connectivity index (χ0v) is 32.9. The second-order valence-electron chi connectivity index (χ2n) is 15.8. The van der Waals surface area contributed by atoms with Crippen LogP contribution >= 0.6 is 0 Å². The molecule has 2 amide bonds. The maximum Gasteiger partial charge on any atom is 0.303 e. The van der Waals surface area contributed by atoms with E-state index in [4.69, 9.17) is 9.53 Å². The zero-order chi connectivity index (χ0) is 39.0. The number of aliphatic carboxylic acids is 1. The summed E-state index contributed by atoms with van der Waals surface area (Å²) in [7, 11) is -3.04. The summed E-state index contributed by atoms with van der Waals surface area (Å²) >= 11 is 0. The molecule has 288 valence electrons. The van der Waals surface area contributed by atoms with E-state index in [2.05, 4.69) is 45.0 Å². The number of carboxylic acid groups (broad SMARTS) is 1. The Bertz CT molecular complexity index is 1790. The summed E-state index contributed by atoms with van der Waals surface area (Å²) in [5.41, 5.74) is 3.15. The Morgan fingerprint density at radius 2 is 1.57 bits per heavy atom. The fourth-order valence-electron chi connectivity index (χ4n) is 8.55. The molecule has 1 saturated heterocycles. The van der Waals surface area contributed by atoms with Crippen molar-refractivity contribution in [3.05, 3.63) is 107 Å². The van der Waals surface area contributed by atoms with E-state index < -0.39 is 44.8 Å². The molecule has 1 aliphatic carbocycles. The van der Waals surface area contributed by atoms with Crippen LogP contribution in [0.25, 0.3) is 6.08 Å². The summed E-state index contributed by atoms with van der Waals surface area (Å²) in [5.74, 6) is -3.64. The van der Waals surface area contributed by atoms with E-state index in [1.54, 1.807) is 18.2 Å². The van der Waals surface area contributed by atoms with Gasteiger partial charge in [-0.15, -0.1) is 0 Å². The number of carboxylic acids is 1. The number of likely N-dealkylation sites (tertiary alicyclic amines) is 1. The number of fused-ring (bicyclic) bond motifs is 1. The minimum absolute atomic E-state index is 0.0298. The molecule has 1 fully saturated rings. The zero-order valence-electron chi connectivity index (χ0n) is 31.9. The van der Waals surface area contributed by atoms with E-state index in [9.17, 15) is 29.7 Å². The standard InChI is InChI=1S/C44H55NO8Si/c1-30(25-31-15-14-16-33(47)26-31)22-23-38(48)40-32(27-36-41(37(40)28-46)43(52)45(42(36)51)24-13-7-12-21-39(49)50)29-53-54(44(2,3)4,34-17-8-5-9-18-34)35-19-10-6-11-20-35/h5-6,8-11,14-20,25-26,36-38,41,46-48H,7,12-13,21-24,27-29H2,1-4H3,(H,49,50)/b30-25+/t36-,37+,38-,41-/m1/s1. The minimum Gasteiger partial charge on any atom is -0.508 e. The Morgan fingerprint density at radius 3 is 2.15 bits per heavy atom. The number of hydrogen-bond acceptors (Lipinski definition) is 7. The molecule has 10 heteroatoms. The van der Waals surface area contributed by atoms with Crippen LogP contribution in [0.5, 0.6) is 5.75 Å². The molecule has 3 aromatic rings. The Hall–Kier alpha value is -4.35. The summed E-state index contributed by atoms with van der Waals surface area (Å²) in [6.45, 7) is 8.41. The maximum atomic E-state index is 14.0. The van der Waals surface area contributed by atoms with Gasteiger partial charge in [-0.05, 0) is 83.3 Å². The summed E-state index contributed by atoms with van der Waals surface area (Å²) < 4.78 is 7.34. The lowest BCUT2D eigenvalue weighted by molar-refractivity contribution is -0.141. The minimum atomic E-state index is -3.04. The number of imide groups is 1. The van der Waals surface area contributed by atoms with Crippen LogP contribution in [0.1, 0.15) is 78.2 Å². The maximum absolute atomic E-state index is 14.0. The lowest BCUT2D eigenvalue weighted by atomic mass is 9.68. The van der Waals surface area contributed by atoms with Crippen molar-refractivity contribution in [2.45, 2.75) is 83.8 Å². The molecule has 54 heavy (non-hydrogen) atoms. The van der Waals surface area contributed by atoms with E-state index in [1.165, 1.54) is 4.90 Å². The van der Waals surface area contributed by atoms with Gasteiger partial charge in [0.15, 0.2) is 0 Å². The molecule has 0 saturated carbocycles. The van der Waals surface area contributed by atoms with Crippen LogP contribution in [-0.2, 0) is 18.8 Å². The first-order valence-corrected chi connectivity index (χ1v) is 21.0. The summed E-state index contributed by atoms with van der Waals surface area (Å²) in [6, 6.07) is 27.4. The van der Waals surface area contributed by atoms with Gasteiger partial charge in [0.2, 0.25) is 11.8 Å². The number of nitrogens with zero attached hydrogens (tertiary/aromatic N) is 1. The molecular weight excluding hydrogens is 699 g/mol. The highest BCUT2D eigenvalue weighted by Gasteiger charge is 2.56. The molecule has 1 heterocycles. The smallest absolute Gasteiger partial charge is 0.303 e. The number of phenolic OH excluding ortho intramolecular Hbond substituents is 1. The van der Waals surface area contributed by atoms with Crippen molar-refractivity contribution in [3.63, 3.8) is 0 Å². The number of carbonyl (C=O) groups is 3. The van der Waals surface area contributed by atoms with Gasteiger partial charge in [0.05, 0.1) is 31.2 Å². The van der Waals surface area contributed by atoms with E-state index in [0.29, 0.717) is 37.7 Å². The first-order chi connectivity index (χ1) is 25.8. The van der Waals surface area contributed by atoms with Crippen molar-refractivity contribution in [2.24, 2.45) is 17.8 Å². The molecule has 9 nitrogen and oxygen atoms in total. The lowest BCUT2D eigenvalue weighted by Gasteiger charge is -2.44. The molecule has 3 aromatic carbocycles. The van der Waals surface area contributed by atoms with Crippen molar-refractivity contribution < 1.29 is 39.2 Å². The highest BCUT2D eigenvalue weighted by molar-refractivity contribution is 6.99.